The van der Waals surface area contributed by atoms with Gasteiger partial charge in [0, 0.05) is 0 Å². The second-order valence-electron chi connectivity index (χ2n) is 14.7. The number of ether oxygens (including phenoxy) is 2. The Morgan fingerprint density at radius 1 is 0.554 bits per heavy atom. The van der Waals surface area contributed by atoms with Crippen LogP contribution in [-0.4, -0.2) is 51.3 Å². The van der Waals surface area contributed by atoms with Crippen molar-refractivity contribution >= 4 is 19.7 Å². The van der Waals surface area contributed by atoms with Crippen molar-refractivity contribution in [3.8, 4) is 56.7 Å². The molecule has 1 N–H and O–H groups in total. The van der Waals surface area contributed by atoms with Crippen molar-refractivity contribution in [3.05, 3.63) is 180 Å². The summed E-state index contributed by atoms with van der Waals surface area (Å²) in [6.07, 6.45) is -6.46. The van der Waals surface area contributed by atoms with Crippen molar-refractivity contribution in [1.29, 1.82) is 0 Å². The number of aliphatic hydroxyl groups excluding tert-OH is 1. The lowest BCUT2D eigenvalue weighted by Gasteiger charge is -2.14. The summed E-state index contributed by atoms with van der Waals surface area (Å²) in [5, 5.41) is 16.2. The molecule has 0 fully saturated rings. The first-order valence-electron chi connectivity index (χ1n) is 21.4. The highest BCUT2D eigenvalue weighted by Crippen LogP contribution is 2.51. The third-order valence-corrected chi connectivity index (χ3v) is 11.5. The molecule has 0 radical (unpaired) electrons. The van der Waals surface area contributed by atoms with E-state index in [1.54, 1.807) is 80.6 Å². The van der Waals surface area contributed by atoms with Crippen LogP contribution in [0.4, 0.5) is 43.9 Å². The van der Waals surface area contributed by atoms with E-state index in [2.05, 4.69) is 29.8 Å². The fourth-order valence-electron chi connectivity index (χ4n) is 6.38. The molecule has 8 aromatic rings. The monoisotopic (exact) mass is 1060 g/mol. The number of hydrogen-bond acceptors (Lipinski definition) is 12. The summed E-state index contributed by atoms with van der Waals surface area (Å²) in [4.78, 5) is 7.84. The first-order chi connectivity index (χ1) is 34.7. The maximum atomic E-state index is 13.8. The zero-order valence-electron chi connectivity index (χ0n) is 38.0. The van der Waals surface area contributed by atoms with Crippen molar-refractivity contribution in [2.24, 2.45) is 0 Å². The van der Waals surface area contributed by atoms with Crippen LogP contribution >= 0.6 is 7.60 Å². The van der Waals surface area contributed by atoms with Crippen LogP contribution in [0.25, 0.3) is 57.3 Å². The number of hydrogen-bond donors (Lipinski definition) is 1. The highest BCUT2D eigenvalue weighted by atomic mass is 31.2. The molecule has 390 valence electrons. The van der Waals surface area contributed by atoms with E-state index in [1.807, 2.05) is 0 Å². The van der Waals surface area contributed by atoms with Gasteiger partial charge in [0.05, 0.1) is 19.8 Å². The molecule has 0 saturated carbocycles. The molecule has 8 rings (SSSR count). The van der Waals surface area contributed by atoms with Crippen LogP contribution in [0, 0.1) is 23.3 Å². The average Bonchev–Trinajstić information content (AvgIpc) is 4.01. The summed E-state index contributed by atoms with van der Waals surface area (Å²) in [5.41, 5.74) is 3.87. The van der Waals surface area contributed by atoms with Gasteiger partial charge in [0.15, 0.2) is 11.6 Å². The summed E-state index contributed by atoms with van der Waals surface area (Å²) in [5.74, 6) is -4.29. The normalized spacial score (nSPS) is 11.5. The maximum absolute atomic E-state index is 13.8. The predicted molar refractivity (Wildman–Crippen MR) is 253 cm³/mol. The van der Waals surface area contributed by atoms with Gasteiger partial charge in [-0.1, -0.05) is 109 Å². The van der Waals surface area contributed by atoms with Crippen LogP contribution in [0.2, 0.25) is 0 Å². The Morgan fingerprint density at radius 2 is 0.946 bits per heavy atom. The summed E-state index contributed by atoms with van der Waals surface area (Å²) in [6, 6.07) is 32.2. The average molecular weight is 1060 g/mol. The van der Waals surface area contributed by atoms with Gasteiger partial charge < -0.3 is 32.7 Å². The molecule has 0 aliphatic carbocycles. The molecule has 12 nitrogen and oxygen atoms in total. The molecule has 2 heterocycles. The zero-order chi connectivity index (χ0) is 52.8. The summed E-state index contributed by atoms with van der Waals surface area (Å²) in [6.45, 7) is 3.66. The molecule has 0 aliphatic rings. The standard InChI is InChI=1S/C23H13F5N2O2.C14H11F3O2.C13H15F2N2O4P.CH4/c24-18-2-1-3-19(25)21(18)22-29-20(30-32-22)13-6-14-4-7-15(8-5-14)16-9-11-17(12-10-16)31-23(26,27)28;15-14(16,17)19-13-7-5-12(6-8-13)11-3-1-10(9-18)2-4-11;1-3-19-22(18,20-4-2)8-11-16-13(21-17-11)12-9(14)6-5-7-10(12)15;/h1-13H;1-8,18H,9H2;5-7H,3-4,8H2,1-2H3;1H4/b13-6+;;;. The lowest BCUT2D eigenvalue weighted by atomic mass is 10.0. The molecule has 74 heavy (non-hydrogen) atoms. The lowest BCUT2D eigenvalue weighted by Crippen LogP contribution is -2.16. The molecule has 6 aromatic carbocycles. The van der Waals surface area contributed by atoms with Crippen LogP contribution in [0.5, 0.6) is 11.5 Å². The number of halogens is 10. The van der Waals surface area contributed by atoms with E-state index >= 15 is 0 Å². The zero-order valence-corrected chi connectivity index (χ0v) is 38.9. The first-order valence-corrected chi connectivity index (χ1v) is 23.1. The lowest BCUT2D eigenvalue weighted by molar-refractivity contribution is -0.275. The van der Waals surface area contributed by atoms with Gasteiger partial charge in [-0.3, -0.25) is 4.57 Å². The van der Waals surface area contributed by atoms with Gasteiger partial charge >= 0.3 is 20.3 Å². The highest BCUT2D eigenvalue weighted by molar-refractivity contribution is 7.53. The van der Waals surface area contributed by atoms with E-state index in [0.29, 0.717) is 5.56 Å². The van der Waals surface area contributed by atoms with E-state index in [1.165, 1.54) is 54.6 Å². The van der Waals surface area contributed by atoms with Crippen LogP contribution in [0.3, 0.4) is 0 Å². The number of aromatic nitrogens is 4. The molecule has 0 saturated heterocycles. The Morgan fingerprint density at radius 3 is 1.35 bits per heavy atom. The molecule has 0 aliphatic heterocycles. The van der Waals surface area contributed by atoms with Gasteiger partial charge in [-0.15, -0.1) is 26.3 Å². The Bertz CT molecular complexity index is 3060. The quantitative estimate of drug-likeness (QED) is 0.0768. The number of nitrogens with zero attached hydrogens (tertiary/aromatic N) is 4. The summed E-state index contributed by atoms with van der Waals surface area (Å²) >= 11 is 0. The minimum absolute atomic E-state index is 0. The SMILES string of the molecule is C.CCOP(=O)(Cc1noc(-c2c(F)cccc2F)n1)OCC.Fc1cccc(F)c1-c1nc(/C=C/c2ccc(-c3ccc(OC(F)(F)F)cc3)cc2)no1.OCc1ccc(-c2ccc(OC(F)(F)F)cc2)cc1. The fourth-order valence-corrected chi connectivity index (χ4v) is 7.90. The molecule has 2 aromatic heterocycles. The van der Waals surface area contributed by atoms with Gasteiger partial charge in [0.1, 0.15) is 52.1 Å². The van der Waals surface area contributed by atoms with E-state index in [0.717, 1.165) is 52.1 Å². The predicted octanol–water partition coefficient (Wildman–Crippen LogP) is 14.9. The topological polar surface area (TPSA) is 152 Å². The van der Waals surface area contributed by atoms with E-state index in [4.69, 9.17) is 23.2 Å². The fraction of sp³-hybridized carbons (Fsp3) is 0.176. The van der Waals surface area contributed by atoms with Gasteiger partial charge in [-0.05, 0) is 102 Å². The van der Waals surface area contributed by atoms with E-state index in [-0.39, 0.29) is 68.3 Å². The van der Waals surface area contributed by atoms with Crippen LogP contribution in [0.15, 0.2) is 143 Å². The van der Waals surface area contributed by atoms with Gasteiger partial charge in [0.2, 0.25) is 0 Å². The van der Waals surface area contributed by atoms with Crippen molar-refractivity contribution in [3.63, 3.8) is 0 Å². The molecular weight excluding hydrogens is 1020 g/mol. The third kappa shape index (κ3) is 16.7. The molecule has 0 atom stereocenters. The Balaban J connectivity index is 0.000000213. The van der Waals surface area contributed by atoms with Gasteiger partial charge in [-0.25, -0.2) is 17.6 Å². The number of alkyl halides is 6. The summed E-state index contributed by atoms with van der Waals surface area (Å²) in [7, 11) is -3.42. The molecule has 0 spiro atoms. The van der Waals surface area contributed by atoms with Gasteiger partial charge in [0.25, 0.3) is 11.8 Å². The van der Waals surface area contributed by atoms with Crippen molar-refractivity contribution < 1.29 is 81.1 Å². The Kier molecular flexibility index (Phi) is 20.0. The van der Waals surface area contributed by atoms with E-state index < -0.39 is 54.7 Å². The molecule has 0 unspecified atom stereocenters. The van der Waals surface area contributed by atoms with Crippen molar-refractivity contribution in [1.82, 2.24) is 20.3 Å². The van der Waals surface area contributed by atoms with Crippen LogP contribution in [-0.2, 0) is 26.4 Å². The molecule has 0 bridgehead atoms. The van der Waals surface area contributed by atoms with Crippen molar-refractivity contribution in [2.75, 3.05) is 13.2 Å². The number of aliphatic hydroxyl groups is 1. The summed E-state index contributed by atoms with van der Waals surface area (Å²) < 4.78 is 168. The molecule has 23 heteroatoms. The van der Waals surface area contributed by atoms with Gasteiger partial charge in [-0.2, -0.15) is 9.97 Å². The minimum atomic E-state index is -4.74. The number of rotatable bonds is 15. The highest BCUT2D eigenvalue weighted by Gasteiger charge is 2.32. The van der Waals surface area contributed by atoms with Crippen LogP contribution < -0.4 is 9.47 Å². The molecule has 0 amide bonds. The number of benzene rings is 6. The van der Waals surface area contributed by atoms with Crippen molar-refractivity contribution in [2.45, 2.75) is 46.8 Å². The minimum Gasteiger partial charge on any atom is -0.406 e. The maximum Gasteiger partial charge on any atom is 0.573 e. The second kappa shape index (κ2) is 25.8. The molecular formula is C51H43F10N4O8P. The Hall–Kier alpha value is -7.65. The Labute approximate surface area is 416 Å². The van der Waals surface area contributed by atoms with Crippen LogP contribution in [0.1, 0.15) is 44.0 Å². The third-order valence-electron chi connectivity index (χ3n) is 9.56. The van der Waals surface area contributed by atoms with E-state index in [9.17, 15) is 48.5 Å². The second-order valence-corrected chi connectivity index (χ2v) is 16.8. The largest absolute Gasteiger partial charge is 0.573 e. The first kappa shape index (κ1) is 57.3. The smallest absolute Gasteiger partial charge is 0.406 e.